The van der Waals surface area contributed by atoms with E-state index in [4.69, 9.17) is 132 Å². The summed E-state index contributed by atoms with van der Waals surface area (Å²) in [6.07, 6.45) is 13.9. The number of amides is 3. The van der Waals surface area contributed by atoms with Crippen molar-refractivity contribution in [2.45, 2.75) is 177 Å². The van der Waals surface area contributed by atoms with Gasteiger partial charge in [-0.25, -0.2) is 0 Å². The molecule has 0 aromatic heterocycles. The summed E-state index contributed by atoms with van der Waals surface area (Å²) in [4.78, 5) is 82.8. The van der Waals surface area contributed by atoms with Gasteiger partial charge in [-0.1, -0.05) is 185 Å². The van der Waals surface area contributed by atoms with E-state index in [0.29, 0.717) is 117 Å². The van der Waals surface area contributed by atoms with Crippen molar-refractivity contribution < 1.29 is 58.2 Å². The largest absolute Gasteiger partial charge is 0.483 e. The summed E-state index contributed by atoms with van der Waals surface area (Å²) >= 11 is 47.9. The summed E-state index contributed by atoms with van der Waals surface area (Å²) in [6.45, 7) is 22.9. The molecule has 31 heteroatoms. The molecule has 0 saturated carbocycles. The number of nitrogens with zero attached hydrogens (tertiary/aromatic N) is 10. The summed E-state index contributed by atoms with van der Waals surface area (Å²) in [5.74, 6) is 0.417. The number of carbonyl (C=O) groups is 5. The van der Waals surface area contributed by atoms with Crippen molar-refractivity contribution in [3.8, 4) is 0 Å². The Balaban J connectivity index is 0.000000154. The minimum absolute atomic E-state index is 0. The number of piperidine rings is 1. The second kappa shape index (κ2) is 50.9. The number of carboxylic acid groups (broad SMARTS) is 2. The molecule has 12 heterocycles. The van der Waals surface area contributed by atoms with E-state index in [0.717, 1.165) is 135 Å². The van der Waals surface area contributed by atoms with Gasteiger partial charge >= 0.3 is 5.97 Å². The molecule has 23 nitrogen and oxygen atoms in total. The molecule has 6 aromatic rings. The molecule has 12 saturated heterocycles. The number of carboxylic acids is 1. The van der Waals surface area contributed by atoms with Crippen molar-refractivity contribution in [1.29, 1.82) is 0 Å². The summed E-state index contributed by atoms with van der Waals surface area (Å²) in [5.41, 5.74) is 6.11. The number of carbonyl (C=O) groups excluding carboxylic acids is 3. The van der Waals surface area contributed by atoms with E-state index in [1.54, 1.807) is 48.5 Å². The number of fused-ring (bicyclic) bond motifs is 4. The number of likely N-dealkylation sites (N-methyl/N-ethyl adjacent to an activating group) is 1. The van der Waals surface area contributed by atoms with Gasteiger partial charge in [-0.2, -0.15) is 0 Å². The van der Waals surface area contributed by atoms with Crippen LogP contribution in [0.3, 0.4) is 0 Å². The monoisotopic (exact) mass is 1890 g/mol. The Morgan fingerprint density at radius 1 is 0.373 bits per heavy atom. The van der Waals surface area contributed by atoms with Crippen LogP contribution in [0.2, 0.25) is 40.2 Å². The summed E-state index contributed by atoms with van der Waals surface area (Å²) in [6, 6.07) is 45.9. The lowest BCUT2D eigenvalue weighted by molar-refractivity contribution is -0.153. The lowest BCUT2D eigenvalue weighted by atomic mass is 9.81. The SMILES string of the molecule is C.CN1CCN(C(=O)Cc2ccc(Cl)c(Cl)c2)[C@H]2[C@H]1COC[C@@H]2N1CCCC1.CO.O=C(Cc1ccc(Cl)c(Cl)c1)N1CCN(Cc2ccccc2)[C@@H]2COC[C@H](N3CCCC3)[C@H]21.O=C(Cc1ccc(Cl)c(Cl)c1)N1CCN[C@@H]2COC[C@H](N3CCCC3)[C@H]21.O=C(O)Cc1ccc(Cl)c(Cl)c1.O=CO.c1ccc(CN2CCC[C@H]3[C@H]2COC[C@@H]3N2CCCC2)cc1. The van der Waals surface area contributed by atoms with Crippen LogP contribution in [0.25, 0.3) is 0 Å². The Bertz CT molecular complexity index is 4410. The zero-order chi connectivity index (χ0) is 88.5. The second-order valence-electron chi connectivity index (χ2n) is 34.3. The van der Waals surface area contributed by atoms with Crippen molar-refractivity contribution in [3.63, 3.8) is 0 Å². The van der Waals surface area contributed by atoms with Crippen molar-refractivity contribution in [3.05, 3.63) is 207 Å². The standard InChI is InChI=1S/C26H31Cl2N3O2.C20H27Cl2N3O2.C19H25Cl2N3O2.C19H28N2O.C8H6Cl2O2.CH2O2.CH4O.CH4/c27-21-9-8-20(14-22(21)28)15-25(32)31-13-12-30(16-19-6-2-1-3-7-19)24-18-33-17-23(26(24)31)29-10-4-5-11-29;1-23-8-9-25(19(26)11-14-4-5-15(21)16(22)10-14)20-17(23)12-27-13-18(20)24-6-2-3-7-24;20-14-4-3-13(9-15(14)21)10-18(25)24-8-5-22-16-11-26-12-17(19(16)24)23-6-1-2-7-23;1-2-7-16(8-3-1)13-21-12-6-9-17-18(14-22-15-19(17)21)20-10-4-5-11-20;9-6-2-1-5(3-7(6)10)4-8(11)12;2-1-3;1-2;/h1-3,6-9,14,23-24,26H,4-5,10-13,15-18H2;4-5,10,17-18,20H,2-3,6-9,11-13H2,1H3;3-4,9,16-17,19,22H,1-2,5-8,10-12H2;1-3,7-8,17-19H,4-6,9-15H2;1-3H,4H2,(H,11,12);1H,(H,2,3);2H,1H3;1H4/t23-,24+,26+;17-,18+,20+;16-,17+,19+;17-,18+,19-;;;;/m0111..../s1. The van der Waals surface area contributed by atoms with Gasteiger partial charge in [0, 0.05) is 71.6 Å². The number of hydrogen-bond acceptors (Lipinski definition) is 18. The van der Waals surface area contributed by atoms with Gasteiger partial charge in [0.15, 0.2) is 0 Å². The van der Waals surface area contributed by atoms with Crippen LogP contribution in [-0.4, -0.2) is 326 Å². The van der Waals surface area contributed by atoms with Gasteiger partial charge in [0.1, 0.15) is 0 Å². The van der Waals surface area contributed by atoms with E-state index in [1.807, 2.05) is 24.3 Å². The van der Waals surface area contributed by atoms with E-state index < -0.39 is 5.97 Å². The number of halogens is 8. The fourth-order valence-electron chi connectivity index (χ4n) is 20.5. The van der Waals surface area contributed by atoms with Gasteiger partial charge in [-0.15, -0.1) is 0 Å². The molecule has 0 unspecified atom stereocenters. The Hall–Kier alpha value is -5.53. The van der Waals surface area contributed by atoms with Crippen LogP contribution in [0.15, 0.2) is 133 Å². The Kier molecular flexibility index (Phi) is 40.8. The van der Waals surface area contributed by atoms with Gasteiger partial charge in [0.2, 0.25) is 17.7 Å². The predicted molar refractivity (Wildman–Crippen MR) is 502 cm³/mol. The number of hydrogen-bond donors (Lipinski definition) is 4. The molecule has 12 aliphatic rings. The molecule has 0 radical (unpaired) electrons. The van der Waals surface area contributed by atoms with Gasteiger partial charge in [-0.3, -0.25) is 58.3 Å². The molecule has 12 aliphatic heterocycles. The molecule has 18 rings (SSSR count). The number of aliphatic hydroxyl groups excluding tert-OH is 1. The van der Waals surface area contributed by atoms with Crippen molar-refractivity contribution >= 4 is 123 Å². The Labute approximate surface area is 784 Å². The average Bonchev–Trinajstić information content (AvgIpc) is 1.05. The Morgan fingerprint density at radius 2 is 0.706 bits per heavy atom. The number of nitrogens with one attached hydrogen (secondary N) is 1. The molecule has 6 aromatic carbocycles. The van der Waals surface area contributed by atoms with E-state index in [-0.39, 0.29) is 92.4 Å². The molecule has 4 N–H and O–H groups in total. The van der Waals surface area contributed by atoms with Crippen molar-refractivity contribution in [2.75, 3.05) is 165 Å². The third-order valence-corrected chi connectivity index (χ3v) is 29.5. The molecule has 0 spiro atoms. The van der Waals surface area contributed by atoms with Crippen molar-refractivity contribution in [2.24, 2.45) is 5.92 Å². The van der Waals surface area contributed by atoms with Crippen LogP contribution < -0.4 is 5.32 Å². The van der Waals surface area contributed by atoms with Gasteiger partial charge < -0.3 is 54.3 Å². The first-order valence-corrected chi connectivity index (χ1v) is 47.4. The van der Waals surface area contributed by atoms with E-state index in [9.17, 15) is 19.2 Å². The third kappa shape index (κ3) is 27.4. The fraction of sp³-hybridized carbons (Fsp3) is 0.568. The number of aliphatic carboxylic acids is 1. The highest BCUT2D eigenvalue weighted by Crippen LogP contribution is 2.38. The lowest BCUT2D eigenvalue weighted by Crippen LogP contribution is -2.71. The lowest BCUT2D eigenvalue weighted by Gasteiger charge is -2.54. The smallest absolute Gasteiger partial charge is 0.307 e. The zero-order valence-corrected chi connectivity index (χ0v) is 77.8. The number of rotatable bonds is 16. The molecule has 690 valence electrons. The van der Waals surface area contributed by atoms with Crippen LogP contribution in [0, 0.1) is 5.92 Å². The van der Waals surface area contributed by atoms with Crippen LogP contribution in [-0.2, 0) is 81.7 Å². The molecule has 12 atom stereocenters. The number of likely N-dealkylation sites (tertiary alicyclic amines) is 5. The summed E-state index contributed by atoms with van der Waals surface area (Å²) < 4.78 is 24.0. The highest BCUT2D eigenvalue weighted by molar-refractivity contribution is 6.43. The van der Waals surface area contributed by atoms with Gasteiger partial charge in [-0.05, 0) is 218 Å². The van der Waals surface area contributed by atoms with E-state index in [1.165, 1.54) is 95.0 Å². The predicted octanol–water partition coefficient (Wildman–Crippen LogP) is 14.2. The molecule has 0 bridgehead atoms. The van der Waals surface area contributed by atoms with Gasteiger partial charge in [0.05, 0.1) is 173 Å². The molecule has 0 aliphatic carbocycles. The maximum absolute atomic E-state index is 13.6. The molecular formula is C95H127Cl8N11O12. The molecule has 126 heavy (non-hydrogen) atoms. The van der Waals surface area contributed by atoms with Crippen LogP contribution >= 0.6 is 92.8 Å². The topological polar surface area (TPSA) is 227 Å². The quantitative estimate of drug-likeness (QED) is 0.0661. The minimum atomic E-state index is -0.881. The Morgan fingerprint density at radius 3 is 1.12 bits per heavy atom. The van der Waals surface area contributed by atoms with E-state index in [2.05, 4.69) is 122 Å². The van der Waals surface area contributed by atoms with Crippen LogP contribution in [0.4, 0.5) is 0 Å². The summed E-state index contributed by atoms with van der Waals surface area (Å²) in [5, 5.41) is 29.8. The fourth-order valence-corrected chi connectivity index (χ4v) is 21.8. The van der Waals surface area contributed by atoms with Crippen molar-refractivity contribution in [1.82, 2.24) is 54.3 Å². The van der Waals surface area contributed by atoms with Crippen LogP contribution in [0.1, 0.15) is 105 Å². The maximum atomic E-state index is 13.6. The highest BCUT2D eigenvalue weighted by Gasteiger charge is 2.51. The number of aliphatic hydroxyl groups is 1. The average molecular weight is 1900 g/mol. The van der Waals surface area contributed by atoms with Crippen LogP contribution in [0.5, 0.6) is 0 Å². The molecule has 12 fully saturated rings. The first-order valence-electron chi connectivity index (χ1n) is 44.4. The molecule has 3 amide bonds. The zero-order valence-electron chi connectivity index (χ0n) is 71.8. The third-order valence-electron chi connectivity index (χ3n) is 26.6. The minimum Gasteiger partial charge on any atom is -0.483 e. The van der Waals surface area contributed by atoms with E-state index >= 15 is 0 Å². The molecular weight excluding hydrogens is 1770 g/mol. The first-order chi connectivity index (χ1) is 60.7. The van der Waals surface area contributed by atoms with Gasteiger partial charge in [0.25, 0.3) is 6.47 Å². The second-order valence-corrected chi connectivity index (χ2v) is 37.5. The summed E-state index contributed by atoms with van der Waals surface area (Å²) in [7, 11) is 3.15. The number of piperazine rings is 3. The highest BCUT2D eigenvalue weighted by atomic mass is 35.5. The normalized spacial score (nSPS) is 26.4. The number of benzene rings is 6. The first kappa shape index (κ1) is 101. The maximum Gasteiger partial charge on any atom is 0.307 e. The number of ether oxygens (including phenoxy) is 4.